The van der Waals surface area contributed by atoms with Gasteiger partial charge >= 0.3 is 0 Å². The van der Waals surface area contributed by atoms with E-state index in [1.807, 2.05) is 43.9 Å². The van der Waals surface area contributed by atoms with Gasteiger partial charge in [-0.1, -0.05) is 12.6 Å². The van der Waals surface area contributed by atoms with Gasteiger partial charge in [0.25, 0.3) is 0 Å². The van der Waals surface area contributed by atoms with Crippen LogP contribution in [0.3, 0.4) is 0 Å². The number of benzene rings is 2. The molecule has 2 atom stereocenters. The van der Waals surface area contributed by atoms with Crippen LogP contribution in [-0.2, 0) is 4.79 Å². The fraction of sp³-hybridized carbons (Fsp3) is 0.419. The number of likely N-dealkylation sites (N-methyl/N-ethyl adjacent to an activating group) is 1. The van der Waals surface area contributed by atoms with Crippen molar-refractivity contribution < 1.29 is 13.6 Å². The predicted molar refractivity (Wildman–Crippen MR) is 160 cm³/mol. The molecule has 214 valence electrons. The average molecular weight is 558 g/mol. The van der Waals surface area contributed by atoms with E-state index in [9.17, 15) is 4.79 Å². The summed E-state index contributed by atoms with van der Waals surface area (Å²) in [6.45, 7) is 14.2. The Kier molecular flexibility index (Phi) is 6.68. The molecule has 2 aromatic heterocycles. The maximum atomic E-state index is 16.9. The van der Waals surface area contributed by atoms with Crippen LogP contribution in [0, 0.1) is 19.7 Å². The van der Waals surface area contributed by atoms with Crippen molar-refractivity contribution in [3.63, 3.8) is 0 Å². The molecule has 2 aromatic carbocycles. The third-order valence-corrected chi connectivity index (χ3v) is 8.65. The molecule has 10 heteroatoms. The second kappa shape index (κ2) is 10.1. The lowest BCUT2D eigenvalue weighted by molar-refractivity contribution is -0.128. The molecule has 0 saturated carbocycles. The number of rotatable bonds is 5. The maximum Gasteiger partial charge on any atom is 0.246 e. The van der Waals surface area contributed by atoms with Gasteiger partial charge in [0.1, 0.15) is 16.9 Å². The van der Waals surface area contributed by atoms with Crippen LogP contribution in [0.5, 0.6) is 0 Å². The van der Waals surface area contributed by atoms with Crippen molar-refractivity contribution in [2.75, 3.05) is 50.1 Å². The minimum absolute atomic E-state index is 0.0406. The summed E-state index contributed by atoms with van der Waals surface area (Å²) in [6.07, 6.45) is 2.75. The Morgan fingerprint density at radius 2 is 1.80 bits per heavy atom. The summed E-state index contributed by atoms with van der Waals surface area (Å²) in [6, 6.07) is 6.06. The lowest BCUT2D eigenvalue weighted by atomic mass is 9.93. The smallest absolute Gasteiger partial charge is 0.246 e. The molecule has 0 aliphatic carbocycles. The second-order valence-corrected chi connectivity index (χ2v) is 11.6. The van der Waals surface area contributed by atoms with Gasteiger partial charge in [-0.15, -0.1) is 0 Å². The van der Waals surface area contributed by atoms with E-state index in [0.717, 1.165) is 24.2 Å². The molecule has 9 nitrogen and oxygen atoms in total. The lowest BCUT2D eigenvalue weighted by Crippen LogP contribution is -2.59. The highest BCUT2D eigenvalue weighted by Gasteiger charge is 2.36. The van der Waals surface area contributed by atoms with Crippen molar-refractivity contribution in [1.82, 2.24) is 24.8 Å². The molecule has 41 heavy (non-hydrogen) atoms. The van der Waals surface area contributed by atoms with Crippen LogP contribution in [0.4, 0.5) is 16.2 Å². The van der Waals surface area contributed by atoms with Gasteiger partial charge < -0.3 is 24.0 Å². The van der Waals surface area contributed by atoms with Crippen molar-refractivity contribution in [1.29, 1.82) is 0 Å². The van der Waals surface area contributed by atoms with Crippen LogP contribution in [0.25, 0.3) is 33.1 Å². The Morgan fingerprint density at radius 1 is 1.05 bits per heavy atom. The van der Waals surface area contributed by atoms with Gasteiger partial charge in [-0.05, 0) is 71.1 Å². The zero-order valence-electron chi connectivity index (χ0n) is 24.5. The van der Waals surface area contributed by atoms with E-state index < -0.39 is 5.82 Å². The quantitative estimate of drug-likeness (QED) is 0.331. The number of nitrogens with zero attached hydrogens (tertiary/aromatic N) is 7. The number of halogens is 1. The number of carbonyl (C=O) groups excluding carboxylic acids is 1. The van der Waals surface area contributed by atoms with Gasteiger partial charge in [0.05, 0.1) is 0 Å². The van der Waals surface area contributed by atoms with E-state index in [0.29, 0.717) is 58.5 Å². The van der Waals surface area contributed by atoms with Crippen LogP contribution in [0.1, 0.15) is 25.0 Å². The first kappa shape index (κ1) is 27.1. The summed E-state index contributed by atoms with van der Waals surface area (Å²) in [4.78, 5) is 35.1. The summed E-state index contributed by atoms with van der Waals surface area (Å²) < 4.78 is 22.4. The van der Waals surface area contributed by atoms with Crippen LogP contribution >= 0.6 is 0 Å². The summed E-state index contributed by atoms with van der Waals surface area (Å²) in [7, 11) is 4.12. The molecule has 0 radical (unpaired) electrons. The largest absolute Gasteiger partial charge is 0.443 e. The number of carbonyl (C=O) groups is 1. The number of piperazine rings is 1. The lowest BCUT2D eigenvalue weighted by Gasteiger charge is -2.45. The fourth-order valence-corrected chi connectivity index (χ4v) is 6.13. The Morgan fingerprint density at radius 3 is 2.51 bits per heavy atom. The molecule has 0 unspecified atom stereocenters. The number of fused-ring (bicyclic) bond motifs is 2. The van der Waals surface area contributed by atoms with Gasteiger partial charge in [-0.3, -0.25) is 4.79 Å². The van der Waals surface area contributed by atoms with Crippen molar-refractivity contribution in [3.05, 3.63) is 54.2 Å². The number of anilines is 2. The fourth-order valence-electron chi connectivity index (χ4n) is 6.13. The first-order chi connectivity index (χ1) is 19.6. The van der Waals surface area contributed by atoms with Crippen LogP contribution in [0.2, 0.25) is 0 Å². The van der Waals surface area contributed by atoms with Gasteiger partial charge in [-0.2, -0.15) is 4.98 Å². The summed E-state index contributed by atoms with van der Waals surface area (Å²) in [5.74, 6) is 0.722. The van der Waals surface area contributed by atoms with Gasteiger partial charge in [-0.25, -0.2) is 14.4 Å². The second-order valence-electron chi connectivity index (χ2n) is 11.6. The average Bonchev–Trinajstić information content (AvgIpc) is 3.38. The number of oxazole rings is 1. The number of hydrogen-bond acceptors (Lipinski definition) is 8. The summed E-state index contributed by atoms with van der Waals surface area (Å²) >= 11 is 0. The molecule has 2 saturated heterocycles. The van der Waals surface area contributed by atoms with E-state index in [1.165, 1.54) is 12.5 Å². The van der Waals surface area contributed by atoms with Crippen LogP contribution in [-0.4, -0.2) is 89.1 Å². The Hall–Kier alpha value is -4.05. The molecule has 4 aromatic rings. The Labute approximate surface area is 239 Å². The van der Waals surface area contributed by atoms with Crippen LogP contribution in [0.15, 0.2) is 41.7 Å². The van der Waals surface area contributed by atoms with Crippen LogP contribution < -0.4 is 9.80 Å². The standard InChI is InChI=1S/C31H36FN7O2/c1-8-24(40)38-12-20(5)39(13-19(38)4)30-22-11-18(3)25(26-17(2)9-10-23-29(26)33-16-41-23)27(32)28(22)34-31(35-30)37-14-21(15-37)36(6)7/h8-11,16,19-21H,1,12-15H2,2-7H3/t19-,20+/m1/s1. The van der Waals surface area contributed by atoms with E-state index in [-0.39, 0.29) is 23.5 Å². The molecule has 0 bridgehead atoms. The predicted octanol–water partition coefficient (Wildman–Crippen LogP) is 4.56. The van der Waals surface area contributed by atoms with E-state index >= 15 is 4.39 Å². The number of aryl methyl sites for hydroxylation is 2. The Bertz CT molecular complexity index is 1680. The van der Waals surface area contributed by atoms with E-state index in [1.54, 1.807) is 0 Å². The highest BCUT2D eigenvalue weighted by Crippen LogP contribution is 2.41. The summed E-state index contributed by atoms with van der Waals surface area (Å²) in [5, 5.41) is 0.657. The zero-order valence-corrected chi connectivity index (χ0v) is 24.5. The van der Waals surface area contributed by atoms with Crippen molar-refractivity contribution in [2.45, 2.75) is 45.8 Å². The first-order valence-corrected chi connectivity index (χ1v) is 14.0. The minimum Gasteiger partial charge on any atom is -0.443 e. The maximum absolute atomic E-state index is 16.9. The monoisotopic (exact) mass is 557 g/mol. The summed E-state index contributed by atoms with van der Waals surface area (Å²) in [5.41, 5.74) is 4.38. The number of aromatic nitrogens is 3. The van der Waals surface area contributed by atoms with Gasteiger partial charge in [0.2, 0.25) is 11.9 Å². The third kappa shape index (κ3) is 4.41. The van der Waals surface area contributed by atoms with Crippen molar-refractivity contribution >= 4 is 39.7 Å². The molecule has 2 aliphatic heterocycles. The normalized spacial score (nSPS) is 19.9. The topological polar surface area (TPSA) is 81.8 Å². The molecule has 2 fully saturated rings. The molecule has 2 aliphatic rings. The first-order valence-electron chi connectivity index (χ1n) is 14.0. The molecular formula is C31H36FN7O2. The molecule has 4 heterocycles. The SMILES string of the molecule is C=CC(=O)N1C[C@H](C)N(c2nc(N3CC(N(C)C)C3)nc3c(F)c(-c4c(C)ccc5ocnc45)c(C)cc23)C[C@H]1C. The Balaban J connectivity index is 1.54. The van der Waals surface area contributed by atoms with Crippen molar-refractivity contribution in [3.8, 4) is 11.1 Å². The highest BCUT2D eigenvalue weighted by molar-refractivity contribution is 6.00. The molecule has 6 rings (SSSR count). The molecule has 0 N–H and O–H groups in total. The minimum atomic E-state index is -0.394. The molecule has 1 amide bonds. The highest BCUT2D eigenvalue weighted by atomic mass is 19.1. The number of amides is 1. The van der Waals surface area contributed by atoms with E-state index in [4.69, 9.17) is 14.4 Å². The number of hydrogen-bond donors (Lipinski definition) is 0. The molecular weight excluding hydrogens is 521 g/mol. The molecule has 0 spiro atoms. The van der Waals surface area contributed by atoms with Gasteiger partial charge in [0, 0.05) is 60.8 Å². The van der Waals surface area contributed by atoms with E-state index in [2.05, 4.69) is 47.3 Å². The van der Waals surface area contributed by atoms with Crippen molar-refractivity contribution in [2.24, 2.45) is 0 Å². The third-order valence-electron chi connectivity index (χ3n) is 8.65. The zero-order chi connectivity index (χ0) is 29.2. The van der Waals surface area contributed by atoms with Gasteiger partial charge in [0.15, 0.2) is 17.8 Å².